The summed E-state index contributed by atoms with van der Waals surface area (Å²) in [6, 6.07) is 8.07. The van der Waals surface area contributed by atoms with Gasteiger partial charge in [0.2, 0.25) is 0 Å². The van der Waals surface area contributed by atoms with Crippen molar-refractivity contribution < 1.29 is 5.11 Å². The maximum Gasteiger partial charge on any atom is 0.137 e. The van der Waals surface area contributed by atoms with Gasteiger partial charge in [0.25, 0.3) is 0 Å². The Bertz CT molecular complexity index is 493. The minimum Gasteiger partial charge on any atom is -0.383 e. The van der Waals surface area contributed by atoms with Gasteiger partial charge in [-0.2, -0.15) is 5.10 Å². The molecule has 0 aliphatic rings. The molecule has 19 heavy (non-hydrogen) atoms. The van der Waals surface area contributed by atoms with Crippen LogP contribution in [0.1, 0.15) is 37.3 Å². The van der Waals surface area contributed by atoms with Crippen LogP contribution in [0.2, 0.25) is 0 Å². The molecular weight excluding hydrogens is 238 g/mol. The maximum atomic E-state index is 11.0. The van der Waals surface area contributed by atoms with Gasteiger partial charge in [-0.05, 0) is 18.9 Å². The zero-order chi connectivity index (χ0) is 13.7. The van der Waals surface area contributed by atoms with Gasteiger partial charge >= 0.3 is 0 Å². The molecule has 0 aliphatic heterocycles. The fourth-order valence-electron chi connectivity index (χ4n) is 2.23. The Morgan fingerprint density at radius 3 is 2.58 bits per heavy atom. The van der Waals surface area contributed by atoms with E-state index >= 15 is 0 Å². The van der Waals surface area contributed by atoms with Crippen LogP contribution in [0.3, 0.4) is 0 Å². The number of hydrogen-bond acceptors (Lipinski definition) is 3. The number of nitrogens with zero attached hydrogens (tertiary/aromatic N) is 3. The molecule has 1 aromatic heterocycles. The van der Waals surface area contributed by atoms with Crippen LogP contribution in [-0.2, 0) is 12.1 Å². The lowest BCUT2D eigenvalue weighted by Gasteiger charge is -2.28. The van der Waals surface area contributed by atoms with Crippen molar-refractivity contribution >= 4 is 0 Å². The summed E-state index contributed by atoms with van der Waals surface area (Å²) in [5, 5.41) is 15.1. The van der Waals surface area contributed by atoms with E-state index in [-0.39, 0.29) is 0 Å². The summed E-state index contributed by atoms with van der Waals surface area (Å²) < 4.78 is 1.69. The Morgan fingerprint density at radius 1 is 1.26 bits per heavy atom. The number of benzene rings is 1. The predicted octanol–water partition coefficient (Wildman–Crippen LogP) is 2.66. The SMILES string of the molecule is CCCCC(O)(Cn1cncn1)c1ccc(C)cc1. The Kier molecular flexibility index (Phi) is 4.32. The van der Waals surface area contributed by atoms with Crippen LogP contribution in [0.15, 0.2) is 36.9 Å². The second-order valence-electron chi connectivity index (χ2n) is 5.09. The van der Waals surface area contributed by atoms with Crippen LogP contribution in [0.25, 0.3) is 0 Å². The maximum absolute atomic E-state index is 11.0. The lowest BCUT2D eigenvalue weighted by Crippen LogP contribution is -2.31. The number of aryl methyl sites for hydroxylation is 1. The van der Waals surface area contributed by atoms with Crippen molar-refractivity contribution in [2.45, 2.75) is 45.3 Å². The molecule has 0 spiro atoms. The highest BCUT2D eigenvalue weighted by Crippen LogP contribution is 2.29. The highest BCUT2D eigenvalue weighted by Gasteiger charge is 2.29. The first kappa shape index (κ1) is 13.7. The smallest absolute Gasteiger partial charge is 0.137 e. The summed E-state index contributed by atoms with van der Waals surface area (Å²) in [6.07, 6.45) is 5.91. The van der Waals surface area contributed by atoms with Crippen molar-refractivity contribution in [2.75, 3.05) is 0 Å². The lowest BCUT2D eigenvalue weighted by molar-refractivity contribution is 0.00418. The van der Waals surface area contributed by atoms with E-state index in [2.05, 4.69) is 17.0 Å². The highest BCUT2D eigenvalue weighted by atomic mass is 16.3. The van der Waals surface area contributed by atoms with E-state index in [0.29, 0.717) is 6.54 Å². The number of rotatable bonds is 6. The van der Waals surface area contributed by atoms with E-state index < -0.39 is 5.60 Å². The third-order valence-corrected chi connectivity index (χ3v) is 3.42. The minimum atomic E-state index is -0.878. The molecular formula is C15H21N3O. The molecule has 1 atom stereocenters. The zero-order valence-corrected chi connectivity index (χ0v) is 11.6. The molecule has 0 amide bonds. The summed E-state index contributed by atoms with van der Waals surface area (Å²) in [6.45, 7) is 4.62. The Balaban J connectivity index is 2.25. The van der Waals surface area contributed by atoms with E-state index in [1.165, 1.54) is 11.9 Å². The second-order valence-corrected chi connectivity index (χ2v) is 5.09. The third kappa shape index (κ3) is 3.41. The number of aliphatic hydroxyl groups is 1. The predicted molar refractivity (Wildman–Crippen MR) is 74.6 cm³/mol. The normalized spacial score (nSPS) is 14.3. The van der Waals surface area contributed by atoms with Crippen LogP contribution in [0.4, 0.5) is 0 Å². The monoisotopic (exact) mass is 259 g/mol. The van der Waals surface area contributed by atoms with Gasteiger partial charge in [0, 0.05) is 0 Å². The molecule has 2 rings (SSSR count). The second kappa shape index (κ2) is 5.97. The molecule has 0 fully saturated rings. The van der Waals surface area contributed by atoms with E-state index in [0.717, 1.165) is 24.8 Å². The largest absolute Gasteiger partial charge is 0.383 e. The lowest BCUT2D eigenvalue weighted by atomic mass is 9.88. The summed E-state index contributed by atoms with van der Waals surface area (Å²) in [5.41, 5.74) is 1.27. The van der Waals surface area contributed by atoms with Crippen molar-refractivity contribution in [1.82, 2.24) is 14.8 Å². The van der Waals surface area contributed by atoms with Crippen LogP contribution in [0, 0.1) is 6.92 Å². The minimum absolute atomic E-state index is 0.441. The fraction of sp³-hybridized carbons (Fsp3) is 0.467. The van der Waals surface area contributed by atoms with Crippen LogP contribution in [-0.4, -0.2) is 19.9 Å². The Morgan fingerprint density at radius 2 is 2.00 bits per heavy atom. The molecule has 1 aromatic carbocycles. The molecule has 4 nitrogen and oxygen atoms in total. The van der Waals surface area contributed by atoms with Gasteiger partial charge in [-0.1, -0.05) is 49.6 Å². The first-order chi connectivity index (χ1) is 9.14. The molecule has 102 valence electrons. The molecule has 2 aromatic rings. The van der Waals surface area contributed by atoms with E-state index in [1.807, 2.05) is 31.2 Å². The standard InChI is InChI=1S/C15H21N3O/c1-3-4-9-15(19,10-18-12-16-11-17-18)14-7-5-13(2)6-8-14/h5-8,11-12,19H,3-4,9-10H2,1-2H3. The average Bonchev–Trinajstić information content (AvgIpc) is 2.90. The van der Waals surface area contributed by atoms with E-state index in [9.17, 15) is 5.11 Å². The molecule has 4 heteroatoms. The van der Waals surface area contributed by atoms with Crippen molar-refractivity contribution in [3.8, 4) is 0 Å². The molecule has 1 heterocycles. The summed E-state index contributed by atoms with van der Waals surface area (Å²) >= 11 is 0. The van der Waals surface area contributed by atoms with Gasteiger partial charge in [-0.25, -0.2) is 9.67 Å². The van der Waals surface area contributed by atoms with Crippen molar-refractivity contribution in [3.63, 3.8) is 0 Å². The fourth-order valence-corrected chi connectivity index (χ4v) is 2.23. The topological polar surface area (TPSA) is 50.9 Å². The van der Waals surface area contributed by atoms with Crippen molar-refractivity contribution in [2.24, 2.45) is 0 Å². The van der Waals surface area contributed by atoms with E-state index in [1.54, 1.807) is 11.0 Å². The van der Waals surface area contributed by atoms with Crippen molar-refractivity contribution in [3.05, 3.63) is 48.0 Å². The summed E-state index contributed by atoms with van der Waals surface area (Å²) in [5.74, 6) is 0. The highest BCUT2D eigenvalue weighted by molar-refractivity contribution is 5.26. The Labute approximate surface area is 114 Å². The van der Waals surface area contributed by atoms with E-state index in [4.69, 9.17) is 0 Å². The molecule has 0 radical (unpaired) electrons. The van der Waals surface area contributed by atoms with Gasteiger partial charge in [-0.15, -0.1) is 0 Å². The molecule has 0 bridgehead atoms. The Hall–Kier alpha value is -1.68. The summed E-state index contributed by atoms with van der Waals surface area (Å²) in [4.78, 5) is 3.94. The van der Waals surface area contributed by atoms with Crippen LogP contribution in [0.5, 0.6) is 0 Å². The molecule has 0 saturated heterocycles. The summed E-state index contributed by atoms with van der Waals surface area (Å²) in [7, 11) is 0. The first-order valence-corrected chi connectivity index (χ1v) is 6.76. The van der Waals surface area contributed by atoms with Gasteiger partial charge in [-0.3, -0.25) is 0 Å². The van der Waals surface area contributed by atoms with Gasteiger partial charge in [0.1, 0.15) is 18.3 Å². The molecule has 0 saturated carbocycles. The van der Waals surface area contributed by atoms with Gasteiger partial charge < -0.3 is 5.11 Å². The third-order valence-electron chi connectivity index (χ3n) is 3.42. The van der Waals surface area contributed by atoms with Crippen molar-refractivity contribution in [1.29, 1.82) is 0 Å². The molecule has 1 unspecified atom stereocenters. The van der Waals surface area contributed by atoms with Crippen LogP contribution < -0.4 is 0 Å². The van der Waals surface area contributed by atoms with Crippen LogP contribution >= 0.6 is 0 Å². The molecule has 1 N–H and O–H groups in total. The van der Waals surface area contributed by atoms with Gasteiger partial charge in [0.05, 0.1) is 6.54 Å². The molecule has 0 aliphatic carbocycles. The number of unbranched alkanes of at least 4 members (excludes halogenated alkanes) is 1. The van der Waals surface area contributed by atoms with Gasteiger partial charge in [0.15, 0.2) is 0 Å². The number of hydrogen-bond donors (Lipinski definition) is 1. The quantitative estimate of drug-likeness (QED) is 0.867. The first-order valence-electron chi connectivity index (χ1n) is 6.76. The average molecular weight is 259 g/mol. The number of aromatic nitrogens is 3. The zero-order valence-electron chi connectivity index (χ0n) is 11.6.